The van der Waals surface area contributed by atoms with Gasteiger partial charge >= 0.3 is 5.97 Å². The van der Waals surface area contributed by atoms with E-state index in [1.807, 2.05) is 26.8 Å². The first kappa shape index (κ1) is 31.6. The monoisotopic (exact) mass is 596 g/mol. The largest absolute Gasteiger partial charge is 0.494 e. The van der Waals surface area contributed by atoms with E-state index in [1.54, 1.807) is 67.6 Å². The Morgan fingerprint density at radius 2 is 1.55 bits per heavy atom. The molecule has 0 bridgehead atoms. The summed E-state index contributed by atoms with van der Waals surface area (Å²) in [6.07, 6.45) is 1.49. The molecule has 1 heterocycles. The van der Waals surface area contributed by atoms with E-state index in [1.165, 1.54) is 20.4 Å². The number of carbonyl (C=O) groups is 3. The first-order valence-electron chi connectivity index (χ1n) is 13.9. The Balaban J connectivity index is 1.44. The molecule has 1 aromatic heterocycles. The number of esters is 1. The number of hydrogen-bond acceptors (Lipinski definition) is 8. The highest BCUT2D eigenvalue weighted by Gasteiger charge is 2.23. The van der Waals surface area contributed by atoms with Gasteiger partial charge in [-0.2, -0.15) is 0 Å². The molecule has 228 valence electrons. The standard InChI is InChI=1S/C34H36N4O6/c1-20-27(17-25(18-36-20)38-32(40)28-15-23(34(2,3)4)16-29(35)30(28)42-5)31(39)37-24-10-12-26(13-11-24)44-19-21-8-7-9-22(14-21)33(41)43-6/h7-18H,19,35H2,1-6H3,(H,37,39)(H,38,40). The van der Waals surface area contributed by atoms with Crippen LogP contribution < -0.4 is 25.8 Å². The molecule has 4 N–H and O–H groups in total. The van der Waals surface area contributed by atoms with Gasteiger partial charge in [0.2, 0.25) is 0 Å². The molecule has 0 atom stereocenters. The summed E-state index contributed by atoms with van der Waals surface area (Å²) in [6.45, 7) is 8.04. The van der Waals surface area contributed by atoms with Crippen LogP contribution in [0.3, 0.4) is 0 Å². The third-order valence-electron chi connectivity index (χ3n) is 6.89. The predicted molar refractivity (Wildman–Crippen MR) is 170 cm³/mol. The van der Waals surface area contributed by atoms with E-state index in [0.29, 0.717) is 39.6 Å². The third kappa shape index (κ3) is 7.52. The number of carbonyl (C=O) groups excluding carboxylic acids is 3. The molecule has 0 spiro atoms. The number of hydrogen-bond donors (Lipinski definition) is 3. The minimum absolute atomic E-state index is 0.242. The SMILES string of the molecule is COC(=O)c1cccc(COc2ccc(NC(=O)c3cc(NC(=O)c4cc(C(C)(C)C)cc(N)c4OC)cnc3C)cc2)c1. The molecule has 0 fully saturated rings. The van der Waals surface area contributed by atoms with Crippen molar-refractivity contribution in [1.29, 1.82) is 0 Å². The number of aromatic nitrogens is 1. The molecule has 2 amide bonds. The van der Waals surface area contributed by atoms with Gasteiger partial charge < -0.3 is 30.6 Å². The first-order valence-corrected chi connectivity index (χ1v) is 13.9. The van der Waals surface area contributed by atoms with Crippen molar-refractivity contribution < 1.29 is 28.6 Å². The summed E-state index contributed by atoms with van der Waals surface area (Å²) in [5.74, 6) is -0.391. The van der Waals surface area contributed by atoms with Crippen LogP contribution in [0.15, 0.2) is 72.9 Å². The van der Waals surface area contributed by atoms with Crippen molar-refractivity contribution in [1.82, 2.24) is 4.98 Å². The van der Waals surface area contributed by atoms with Crippen molar-refractivity contribution in [2.24, 2.45) is 0 Å². The lowest BCUT2D eigenvalue weighted by Crippen LogP contribution is -2.19. The van der Waals surface area contributed by atoms with E-state index in [0.717, 1.165) is 11.1 Å². The Hall–Kier alpha value is -5.38. The second-order valence-corrected chi connectivity index (χ2v) is 11.2. The van der Waals surface area contributed by atoms with Gasteiger partial charge in [0.05, 0.1) is 54.2 Å². The average Bonchev–Trinajstić information content (AvgIpc) is 3.00. The summed E-state index contributed by atoms with van der Waals surface area (Å²) < 4.78 is 16.0. The highest BCUT2D eigenvalue weighted by atomic mass is 16.5. The lowest BCUT2D eigenvalue weighted by Gasteiger charge is -2.22. The van der Waals surface area contributed by atoms with Gasteiger partial charge in [0.1, 0.15) is 12.4 Å². The Morgan fingerprint density at radius 1 is 0.864 bits per heavy atom. The van der Waals surface area contributed by atoms with Crippen molar-refractivity contribution in [3.63, 3.8) is 0 Å². The van der Waals surface area contributed by atoms with E-state index in [4.69, 9.17) is 19.9 Å². The zero-order valence-electron chi connectivity index (χ0n) is 25.6. The Morgan fingerprint density at radius 3 is 2.20 bits per heavy atom. The topological polar surface area (TPSA) is 142 Å². The molecule has 0 aliphatic rings. The van der Waals surface area contributed by atoms with E-state index >= 15 is 0 Å². The molecular formula is C34H36N4O6. The van der Waals surface area contributed by atoms with Crippen molar-refractivity contribution in [2.75, 3.05) is 30.6 Å². The van der Waals surface area contributed by atoms with Gasteiger partial charge in [-0.15, -0.1) is 0 Å². The Labute approximate surface area is 256 Å². The average molecular weight is 597 g/mol. The number of amides is 2. The van der Waals surface area contributed by atoms with E-state index < -0.39 is 17.8 Å². The van der Waals surface area contributed by atoms with Crippen LogP contribution in [0.4, 0.5) is 17.1 Å². The maximum Gasteiger partial charge on any atom is 0.337 e. The van der Waals surface area contributed by atoms with Crippen molar-refractivity contribution >= 4 is 34.8 Å². The fraction of sp³-hybridized carbons (Fsp3) is 0.235. The van der Waals surface area contributed by atoms with Gasteiger partial charge in [0.25, 0.3) is 11.8 Å². The molecule has 0 aliphatic carbocycles. The zero-order valence-corrected chi connectivity index (χ0v) is 25.6. The van der Waals surface area contributed by atoms with Gasteiger partial charge in [-0.05, 0) is 78.1 Å². The number of rotatable bonds is 9. The van der Waals surface area contributed by atoms with Crippen LogP contribution in [0.25, 0.3) is 0 Å². The molecule has 0 unspecified atom stereocenters. The summed E-state index contributed by atoms with van der Waals surface area (Å²) in [7, 11) is 2.79. The van der Waals surface area contributed by atoms with Gasteiger partial charge in [-0.1, -0.05) is 32.9 Å². The van der Waals surface area contributed by atoms with Gasteiger partial charge in [0, 0.05) is 5.69 Å². The molecule has 44 heavy (non-hydrogen) atoms. The van der Waals surface area contributed by atoms with Crippen molar-refractivity contribution in [3.8, 4) is 11.5 Å². The van der Waals surface area contributed by atoms with E-state index in [2.05, 4.69) is 15.6 Å². The Kier molecular flexibility index (Phi) is 9.53. The number of methoxy groups -OCH3 is 2. The summed E-state index contributed by atoms with van der Waals surface area (Å²) in [5.41, 5.74) is 10.4. The van der Waals surface area contributed by atoms with Crippen LogP contribution in [0.1, 0.15) is 68.7 Å². The van der Waals surface area contributed by atoms with Crippen molar-refractivity contribution in [3.05, 3.63) is 106 Å². The van der Waals surface area contributed by atoms with Crippen LogP contribution in [0, 0.1) is 6.92 Å². The molecule has 0 radical (unpaired) electrons. The summed E-state index contributed by atoms with van der Waals surface area (Å²) in [5, 5.41) is 5.67. The maximum atomic E-state index is 13.3. The zero-order chi connectivity index (χ0) is 32.0. The van der Waals surface area contributed by atoms with Crippen LogP contribution in [-0.2, 0) is 16.8 Å². The van der Waals surface area contributed by atoms with E-state index in [9.17, 15) is 14.4 Å². The fourth-order valence-corrected chi connectivity index (χ4v) is 4.42. The fourth-order valence-electron chi connectivity index (χ4n) is 4.42. The Bertz CT molecular complexity index is 1690. The van der Waals surface area contributed by atoms with E-state index in [-0.39, 0.29) is 23.3 Å². The van der Waals surface area contributed by atoms with Crippen LogP contribution in [0.5, 0.6) is 11.5 Å². The third-order valence-corrected chi connectivity index (χ3v) is 6.89. The maximum absolute atomic E-state index is 13.3. The number of nitrogen functional groups attached to an aromatic ring is 1. The predicted octanol–water partition coefficient (Wildman–Crippen LogP) is 6.15. The van der Waals surface area contributed by atoms with Gasteiger partial charge in [-0.25, -0.2) is 4.79 Å². The minimum atomic E-state index is -0.440. The van der Waals surface area contributed by atoms with Gasteiger partial charge in [-0.3, -0.25) is 14.6 Å². The second-order valence-electron chi connectivity index (χ2n) is 11.2. The molecule has 0 saturated heterocycles. The lowest BCUT2D eigenvalue weighted by atomic mass is 9.85. The highest BCUT2D eigenvalue weighted by Crippen LogP contribution is 2.34. The highest BCUT2D eigenvalue weighted by molar-refractivity contribution is 6.09. The number of nitrogens with one attached hydrogen (secondary N) is 2. The number of benzene rings is 3. The van der Waals surface area contributed by atoms with Gasteiger partial charge in [0.15, 0.2) is 5.75 Å². The molecule has 10 heteroatoms. The minimum Gasteiger partial charge on any atom is -0.494 e. The molecule has 0 saturated carbocycles. The second kappa shape index (κ2) is 13.3. The molecule has 4 rings (SSSR count). The quantitative estimate of drug-likeness (QED) is 0.154. The number of ether oxygens (including phenoxy) is 3. The van der Waals surface area contributed by atoms with Crippen LogP contribution in [0.2, 0.25) is 0 Å². The molecular weight excluding hydrogens is 560 g/mol. The van der Waals surface area contributed by atoms with Crippen molar-refractivity contribution in [2.45, 2.75) is 39.7 Å². The number of nitrogens with zero attached hydrogens (tertiary/aromatic N) is 1. The number of nitrogens with two attached hydrogens (primary N) is 1. The number of pyridine rings is 1. The molecule has 10 nitrogen and oxygen atoms in total. The number of aryl methyl sites for hydroxylation is 1. The molecule has 4 aromatic rings. The molecule has 3 aromatic carbocycles. The van der Waals surface area contributed by atoms with Crippen LogP contribution >= 0.6 is 0 Å². The lowest BCUT2D eigenvalue weighted by molar-refractivity contribution is 0.0600. The number of anilines is 3. The van der Waals surface area contributed by atoms with Crippen LogP contribution in [-0.4, -0.2) is 37.0 Å². The summed E-state index contributed by atoms with van der Waals surface area (Å²) in [6, 6.07) is 19.0. The first-order chi connectivity index (χ1) is 20.9. The summed E-state index contributed by atoms with van der Waals surface area (Å²) in [4.78, 5) is 42.6. The summed E-state index contributed by atoms with van der Waals surface area (Å²) >= 11 is 0. The normalized spacial score (nSPS) is 11.0. The smallest absolute Gasteiger partial charge is 0.337 e. The molecule has 0 aliphatic heterocycles.